The third-order valence-electron chi connectivity index (χ3n) is 2.80. The highest BCUT2D eigenvalue weighted by molar-refractivity contribution is 9.10. The minimum absolute atomic E-state index is 0.0336. The van der Waals surface area contributed by atoms with Crippen LogP contribution < -0.4 is 0 Å². The van der Waals surface area contributed by atoms with E-state index in [1.807, 2.05) is 0 Å². The maximum absolute atomic E-state index is 12.1. The van der Waals surface area contributed by atoms with E-state index >= 15 is 0 Å². The van der Waals surface area contributed by atoms with Crippen LogP contribution in [0.4, 0.5) is 0 Å². The highest BCUT2D eigenvalue weighted by Crippen LogP contribution is 2.21. The molecule has 0 aliphatic carbocycles. The SMILES string of the molecule is O=C(O)[C@@H]1C[C@H](O)CN1C(=O)c1ccc(Br)nc1. The van der Waals surface area contributed by atoms with Crippen LogP contribution in [0.15, 0.2) is 22.9 Å². The predicted molar refractivity (Wildman–Crippen MR) is 65.0 cm³/mol. The Kier molecular flexibility index (Phi) is 3.63. The second kappa shape index (κ2) is 5.03. The van der Waals surface area contributed by atoms with Crippen LogP contribution in [0, 0.1) is 0 Å². The van der Waals surface area contributed by atoms with Crippen molar-refractivity contribution in [2.75, 3.05) is 6.54 Å². The van der Waals surface area contributed by atoms with E-state index in [9.17, 15) is 14.7 Å². The molecule has 1 aromatic heterocycles. The van der Waals surface area contributed by atoms with Gasteiger partial charge in [-0.1, -0.05) is 0 Å². The van der Waals surface area contributed by atoms with E-state index in [0.717, 1.165) is 4.90 Å². The maximum atomic E-state index is 12.1. The van der Waals surface area contributed by atoms with Crippen molar-refractivity contribution in [2.24, 2.45) is 0 Å². The molecule has 6 nitrogen and oxygen atoms in total. The maximum Gasteiger partial charge on any atom is 0.326 e. The fourth-order valence-corrected chi connectivity index (χ4v) is 2.18. The number of hydrogen-bond donors (Lipinski definition) is 2. The number of β-amino-alcohol motifs (C(OH)–C–C–N with tert-alkyl or cyclic N) is 1. The number of amides is 1. The Bertz CT molecular complexity index is 476. The van der Waals surface area contributed by atoms with Gasteiger partial charge in [0.2, 0.25) is 0 Å². The normalized spacial score (nSPS) is 23.1. The second-order valence-corrected chi connectivity index (χ2v) is 4.88. The van der Waals surface area contributed by atoms with Gasteiger partial charge in [0.15, 0.2) is 0 Å². The molecule has 2 N–H and O–H groups in total. The molecule has 1 aliphatic heterocycles. The standard InChI is InChI=1S/C11H11BrN2O4/c12-9-2-1-6(4-13-9)10(16)14-5-7(15)3-8(14)11(17)18/h1-2,4,7-8,15H,3,5H2,(H,17,18)/t7-,8-/m0/s1. The summed E-state index contributed by atoms with van der Waals surface area (Å²) in [5.41, 5.74) is 0.304. The number of aliphatic hydroxyl groups excluding tert-OH is 1. The Hall–Kier alpha value is -1.47. The van der Waals surface area contributed by atoms with Crippen molar-refractivity contribution in [3.8, 4) is 0 Å². The Balaban J connectivity index is 2.22. The summed E-state index contributed by atoms with van der Waals surface area (Å²) < 4.78 is 0.593. The first-order valence-electron chi connectivity index (χ1n) is 5.32. The van der Waals surface area contributed by atoms with Crippen LogP contribution in [0.25, 0.3) is 0 Å². The molecule has 0 bridgehead atoms. The van der Waals surface area contributed by atoms with Crippen LogP contribution in [-0.2, 0) is 4.79 Å². The monoisotopic (exact) mass is 314 g/mol. The lowest BCUT2D eigenvalue weighted by molar-refractivity contribution is -0.141. The molecule has 2 atom stereocenters. The third kappa shape index (κ3) is 2.51. The molecule has 1 amide bonds. The van der Waals surface area contributed by atoms with Gasteiger partial charge in [-0.3, -0.25) is 4.79 Å². The quantitative estimate of drug-likeness (QED) is 0.776. The van der Waals surface area contributed by atoms with E-state index in [-0.39, 0.29) is 13.0 Å². The molecule has 96 valence electrons. The number of carboxylic acid groups (broad SMARTS) is 1. The zero-order valence-electron chi connectivity index (χ0n) is 9.28. The number of nitrogens with zero attached hydrogens (tertiary/aromatic N) is 2. The van der Waals surface area contributed by atoms with E-state index < -0.39 is 24.0 Å². The number of likely N-dealkylation sites (tertiary alicyclic amines) is 1. The summed E-state index contributed by atoms with van der Waals surface area (Å²) in [6.45, 7) is 0.0336. The van der Waals surface area contributed by atoms with E-state index in [1.165, 1.54) is 6.20 Å². The minimum atomic E-state index is -1.11. The van der Waals surface area contributed by atoms with E-state index in [4.69, 9.17) is 5.11 Å². The van der Waals surface area contributed by atoms with Crippen molar-refractivity contribution >= 4 is 27.8 Å². The lowest BCUT2D eigenvalue weighted by atomic mass is 10.2. The number of aliphatic carboxylic acids is 1. The van der Waals surface area contributed by atoms with Crippen molar-refractivity contribution in [1.29, 1.82) is 0 Å². The highest BCUT2D eigenvalue weighted by atomic mass is 79.9. The minimum Gasteiger partial charge on any atom is -0.480 e. The zero-order chi connectivity index (χ0) is 13.3. The number of carboxylic acids is 1. The molecule has 0 radical (unpaired) electrons. The number of halogens is 1. The Morgan fingerprint density at radius 2 is 2.17 bits per heavy atom. The molecule has 2 rings (SSSR count). The van der Waals surface area contributed by atoms with Gasteiger partial charge in [0.05, 0.1) is 11.7 Å². The van der Waals surface area contributed by atoms with E-state index in [2.05, 4.69) is 20.9 Å². The molecule has 0 unspecified atom stereocenters. The van der Waals surface area contributed by atoms with Gasteiger partial charge in [-0.25, -0.2) is 9.78 Å². The molecular formula is C11H11BrN2O4. The average Bonchev–Trinajstić information content (AvgIpc) is 2.71. The van der Waals surface area contributed by atoms with Gasteiger partial charge in [-0.2, -0.15) is 0 Å². The summed E-state index contributed by atoms with van der Waals surface area (Å²) in [5, 5.41) is 18.5. The van der Waals surface area contributed by atoms with Gasteiger partial charge in [0, 0.05) is 19.2 Å². The molecule has 7 heteroatoms. The molecule has 2 heterocycles. The van der Waals surface area contributed by atoms with Gasteiger partial charge in [-0.15, -0.1) is 0 Å². The molecule has 1 saturated heterocycles. The number of rotatable bonds is 2. The van der Waals surface area contributed by atoms with Crippen LogP contribution in [-0.4, -0.2) is 50.7 Å². The zero-order valence-corrected chi connectivity index (χ0v) is 10.9. The summed E-state index contributed by atoms with van der Waals surface area (Å²) in [4.78, 5) is 28.2. The van der Waals surface area contributed by atoms with Crippen LogP contribution in [0.5, 0.6) is 0 Å². The predicted octanol–water partition coefficient (Wildman–Crippen LogP) is 0.504. The van der Waals surface area contributed by atoms with Gasteiger partial charge < -0.3 is 15.1 Å². The lowest BCUT2D eigenvalue weighted by Gasteiger charge is -2.20. The number of aromatic nitrogens is 1. The smallest absolute Gasteiger partial charge is 0.326 e. The highest BCUT2D eigenvalue weighted by Gasteiger charge is 2.39. The molecule has 1 aliphatic rings. The topological polar surface area (TPSA) is 90.7 Å². The number of carbonyl (C=O) groups excluding carboxylic acids is 1. The number of pyridine rings is 1. The van der Waals surface area contributed by atoms with Crippen molar-refractivity contribution in [2.45, 2.75) is 18.6 Å². The first-order chi connectivity index (χ1) is 8.49. The van der Waals surface area contributed by atoms with Gasteiger partial charge in [0.1, 0.15) is 10.6 Å². The van der Waals surface area contributed by atoms with Crippen LogP contribution in [0.2, 0.25) is 0 Å². The van der Waals surface area contributed by atoms with Gasteiger partial charge in [0.25, 0.3) is 5.91 Å². The summed E-state index contributed by atoms with van der Waals surface area (Å²) in [5.74, 6) is -1.54. The average molecular weight is 315 g/mol. The number of carbonyl (C=O) groups is 2. The number of aliphatic hydroxyl groups is 1. The summed E-state index contributed by atoms with van der Waals surface area (Å²) >= 11 is 3.15. The first kappa shape index (κ1) is 13.0. The van der Waals surface area contributed by atoms with Crippen LogP contribution >= 0.6 is 15.9 Å². The largest absolute Gasteiger partial charge is 0.480 e. The number of hydrogen-bond acceptors (Lipinski definition) is 4. The van der Waals surface area contributed by atoms with Gasteiger partial charge in [-0.05, 0) is 28.1 Å². The molecule has 0 spiro atoms. The van der Waals surface area contributed by atoms with E-state index in [1.54, 1.807) is 12.1 Å². The van der Waals surface area contributed by atoms with E-state index in [0.29, 0.717) is 10.2 Å². The first-order valence-corrected chi connectivity index (χ1v) is 6.11. The Morgan fingerprint density at radius 3 is 2.72 bits per heavy atom. The van der Waals surface area contributed by atoms with Crippen molar-refractivity contribution in [1.82, 2.24) is 9.88 Å². The summed E-state index contributed by atoms with van der Waals surface area (Å²) in [6.07, 6.45) is 0.639. The summed E-state index contributed by atoms with van der Waals surface area (Å²) in [6, 6.07) is 2.19. The molecule has 18 heavy (non-hydrogen) atoms. The molecule has 1 fully saturated rings. The fourth-order valence-electron chi connectivity index (χ4n) is 1.94. The fraction of sp³-hybridized carbons (Fsp3) is 0.364. The molecular weight excluding hydrogens is 304 g/mol. The van der Waals surface area contributed by atoms with Crippen molar-refractivity contribution in [3.63, 3.8) is 0 Å². The van der Waals surface area contributed by atoms with Crippen LogP contribution in [0.3, 0.4) is 0 Å². The molecule has 1 aromatic rings. The van der Waals surface area contributed by atoms with Crippen molar-refractivity contribution < 1.29 is 19.8 Å². The van der Waals surface area contributed by atoms with Crippen LogP contribution in [0.1, 0.15) is 16.8 Å². The summed E-state index contributed by atoms with van der Waals surface area (Å²) in [7, 11) is 0. The lowest BCUT2D eigenvalue weighted by Crippen LogP contribution is -2.40. The second-order valence-electron chi connectivity index (χ2n) is 4.07. The molecule has 0 saturated carbocycles. The Morgan fingerprint density at radius 1 is 1.44 bits per heavy atom. The van der Waals surface area contributed by atoms with Gasteiger partial charge >= 0.3 is 5.97 Å². The Labute approximate surface area is 111 Å². The molecule has 0 aromatic carbocycles. The third-order valence-corrected chi connectivity index (χ3v) is 3.27. The van der Waals surface area contributed by atoms with Crippen molar-refractivity contribution in [3.05, 3.63) is 28.5 Å².